The Hall–Kier alpha value is -1.10. The van der Waals surface area contributed by atoms with Crippen LogP contribution in [0.5, 0.6) is 0 Å². The maximum atomic E-state index is 12.4. The van der Waals surface area contributed by atoms with Crippen LogP contribution < -0.4 is 5.32 Å². The summed E-state index contributed by atoms with van der Waals surface area (Å²) in [6.07, 6.45) is 6.73. The largest absolute Gasteiger partial charge is 0.481 e. The highest BCUT2D eigenvalue weighted by Gasteiger charge is 2.55. The van der Waals surface area contributed by atoms with Gasteiger partial charge in [0.1, 0.15) is 0 Å². The van der Waals surface area contributed by atoms with Crippen LogP contribution in [0, 0.1) is 11.8 Å². The van der Waals surface area contributed by atoms with Gasteiger partial charge in [0.05, 0.1) is 24.0 Å². The van der Waals surface area contributed by atoms with Gasteiger partial charge in [-0.15, -0.1) is 0 Å². The monoisotopic (exact) mass is 267 g/mol. The molecular weight excluding hydrogens is 246 g/mol. The Kier molecular flexibility index (Phi) is 3.48. The van der Waals surface area contributed by atoms with E-state index >= 15 is 0 Å². The van der Waals surface area contributed by atoms with Crippen LogP contribution in [-0.2, 0) is 14.3 Å². The third-order valence-corrected chi connectivity index (χ3v) is 4.81. The number of fused-ring (bicyclic) bond motifs is 2. The van der Waals surface area contributed by atoms with E-state index in [0.717, 1.165) is 38.5 Å². The molecule has 2 saturated heterocycles. The van der Waals surface area contributed by atoms with Crippen molar-refractivity contribution in [2.24, 2.45) is 11.8 Å². The number of carbonyl (C=O) groups is 2. The van der Waals surface area contributed by atoms with Gasteiger partial charge >= 0.3 is 5.97 Å². The number of nitrogens with one attached hydrogen (secondary N) is 1. The summed E-state index contributed by atoms with van der Waals surface area (Å²) in [5.41, 5.74) is 0. The molecule has 106 valence electrons. The quantitative estimate of drug-likeness (QED) is 0.808. The Labute approximate surface area is 112 Å². The van der Waals surface area contributed by atoms with Crippen LogP contribution >= 0.6 is 0 Å². The number of aliphatic carboxylic acids is 1. The number of hydrogen-bond acceptors (Lipinski definition) is 3. The molecule has 1 aliphatic carbocycles. The smallest absolute Gasteiger partial charge is 0.310 e. The van der Waals surface area contributed by atoms with Gasteiger partial charge in [0, 0.05) is 6.04 Å². The molecule has 0 unspecified atom stereocenters. The van der Waals surface area contributed by atoms with Gasteiger partial charge in [-0.3, -0.25) is 9.59 Å². The van der Waals surface area contributed by atoms with Crippen molar-refractivity contribution >= 4 is 11.9 Å². The molecule has 3 fully saturated rings. The number of carbonyl (C=O) groups excluding carboxylic acids is 1. The average Bonchev–Trinajstić information content (AvgIpc) is 2.99. The third kappa shape index (κ3) is 2.36. The average molecular weight is 267 g/mol. The van der Waals surface area contributed by atoms with Gasteiger partial charge in [0.25, 0.3) is 0 Å². The lowest BCUT2D eigenvalue weighted by Gasteiger charge is -2.28. The minimum absolute atomic E-state index is 0.105. The minimum atomic E-state index is -0.893. The van der Waals surface area contributed by atoms with E-state index in [1.54, 1.807) is 0 Å². The second-order valence-corrected chi connectivity index (χ2v) is 6.02. The maximum Gasteiger partial charge on any atom is 0.310 e. The number of rotatable bonds is 3. The van der Waals surface area contributed by atoms with Crippen molar-refractivity contribution in [3.05, 3.63) is 0 Å². The first-order valence-electron chi connectivity index (χ1n) is 7.35. The van der Waals surface area contributed by atoms with Crippen molar-refractivity contribution in [3.8, 4) is 0 Å². The Bertz CT molecular complexity index is 378. The second-order valence-electron chi connectivity index (χ2n) is 6.02. The van der Waals surface area contributed by atoms with Gasteiger partial charge in [-0.25, -0.2) is 0 Å². The highest BCUT2D eigenvalue weighted by Crippen LogP contribution is 2.43. The van der Waals surface area contributed by atoms with E-state index in [-0.39, 0.29) is 24.2 Å². The van der Waals surface area contributed by atoms with Crippen LogP contribution in [0.1, 0.15) is 44.9 Å². The van der Waals surface area contributed by atoms with Gasteiger partial charge in [-0.2, -0.15) is 0 Å². The molecular formula is C14H21NO4. The van der Waals surface area contributed by atoms with E-state index in [9.17, 15) is 14.7 Å². The fraction of sp³-hybridized carbons (Fsp3) is 0.857. The predicted octanol–water partition coefficient (Wildman–Crippen LogP) is 1.31. The highest BCUT2D eigenvalue weighted by molar-refractivity contribution is 5.86. The molecule has 3 rings (SSSR count). The molecule has 0 radical (unpaired) electrons. The number of carboxylic acids is 1. The fourth-order valence-electron chi connectivity index (χ4n) is 3.87. The number of hydrogen-bond donors (Lipinski definition) is 2. The summed E-state index contributed by atoms with van der Waals surface area (Å²) in [7, 11) is 0. The van der Waals surface area contributed by atoms with E-state index in [1.807, 2.05) is 0 Å². The number of carboxylic acid groups (broad SMARTS) is 1. The van der Waals surface area contributed by atoms with Gasteiger partial charge < -0.3 is 15.2 Å². The molecule has 3 aliphatic rings. The first-order chi connectivity index (χ1) is 9.16. The fourth-order valence-corrected chi connectivity index (χ4v) is 3.87. The second kappa shape index (κ2) is 5.12. The molecule has 2 N–H and O–H groups in total. The van der Waals surface area contributed by atoms with Crippen molar-refractivity contribution in [2.75, 3.05) is 0 Å². The number of ether oxygens (including phenoxy) is 1. The molecule has 0 aromatic rings. The maximum absolute atomic E-state index is 12.4. The molecule has 2 aliphatic heterocycles. The summed E-state index contributed by atoms with van der Waals surface area (Å²) in [6.45, 7) is 0. The van der Waals surface area contributed by atoms with Crippen molar-refractivity contribution in [1.29, 1.82) is 0 Å². The van der Waals surface area contributed by atoms with Gasteiger partial charge in [-0.1, -0.05) is 19.3 Å². The van der Waals surface area contributed by atoms with E-state index in [2.05, 4.69) is 5.32 Å². The SMILES string of the molecule is O=C(O)[C@@H]1[C@H](C(=O)NC2CCCCC2)[C@H]2CC[C@@H]1O2. The van der Waals surface area contributed by atoms with Gasteiger partial charge in [0.15, 0.2) is 0 Å². The van der Waals surface area contributed by atoms with Crippen LogP contribution in [0.4, 0.5) is 0 Å². The first-order valence-corrected chi connectivity index (χ1v) is 7.35. The Morgan fingerprint density at radius 3 is 2.21 bits per heavy atom. The molecule has 0 aromatic heterocycles. The van der Waals surface area contributed by atoms with Crippen LogP contribution in [-0.4, -0.2) is 35.2 Å². The summed E-state index contributed by atoms with van der Waals surface area (Å²) in [4.78, 5) is 23.7. The van der Waals surface area contributed by atoms with E-state index < -0.39 is 17.8 Å². The van der Waals surface area contributed by atoms with E-state index in [4.69, 9.17) is 4.74 Å². The zero-order valence-electron chi connectivity index (χ0n) is 11.0. The molecule has 5 heteroatoms. The Morgan fingerprint density at radius 2 is 1.58 bits per heavy atom. The van der Waals surface area contributed by atoms with E-state index in [1.165, 1.54) is 6.42 Å². The molecule has 4 atom stereocenters. The van der Waals surface area contributed by atoms with Crippen LogP contribution in [0.3, 0.4) is 0 Å². The Morgan fingerprint density at radius 1 is 0.947 bits per heavy atom. The summed E-state index contributed by atoms with van der Waals surface area (Å²) in [5, 5.41) is 12.3. The van der Waals surface area contributed by atoms with Crippen LogP contribution in [0.2, 0.25) is 0 Å². The standard InChI is InChI=1S/C14H21NO4/c16-13(15-8-4-2-1-3-5-8)11-9-6-7-10(19-9)12(11)14(17)18/h8-12H,1-7H2,(H,15,16)(H,17,18)/t9-,10+,11-,12+/m1/s1. The third-order valence-electron chi connectivity index (χ3n) is 4.81. The van der Waals surface area contributed by atoms with E-state index in [0.29, 0.717) is 0 Å². The minimum Gasteiger partial charge on any atom is -0.481 e. The lowest BCUT2D eigenvalue weighted by molar-refractivity contribution is -0.148. The zero-order valence-corrected chi connectivity index (χ0v) is 11.0. The van der Waals surface area contributed by atoms with Gasteiger partial charge in [-0.05, 0) is 25.7 Å². The van der Waals surface area contributed by atoms with Crippen molar-refractivity contribution in [1.82, 2.24) is 5.32 Å². The summed E-state index contributed by atoms with van der Waals surface area (Å²) in [5.74, 6) is -2.14. The Balaban J connectivity index is 1.66. The molecule has 1 saturated carbocycles. The van der Waals surface area contributed by atoms with Crippen LogP contribution in [0.15, 0.2) is 0 Å². The first kappa shape index (κ1) is 12.9. The van der Waals surface area contributed by atoms with Crippen LogP contribution in [0.25, 0.3) is 0 Å². The molecule has 2 heterocycles. The molecule has 1 amide bonds. The lowest BCUT2D eigenvalue weighted by atomic mass is 9.78. The lowest BCUT2D eigenvalue weighted by Crippen LogP contribution is -2.47. The normalized spacial score (nSPS) is 38.3. The molecule has 19 heavy (non-hydrogen) atoms. The summed E-state index contributed by atoms with van der Waals surface area (Å²) in [6, 6.07) is 0.231. The van der Waals surface area contributed by atoms with Crippen molar-refractivity contribution in [3.63, 3.8) is 0 Å². The molecule has 0 spiro atoms. The van der Waals surface area contributed by atoms with Crippen molar-refractivity contribution in [2.45, 2.75) is 63.2 Å². The predicted molar refractivity (Wildman–Crippen MR) is 67.5 cm³/mol. The highest BCUT2D eigenvalue weighted by atomic mass is 16.5. The molecule has 0 aromatic carbocycles. The number of amides is 1. The van der Waals surface area contributed by atoms with Gasteiger partial charge in [0.2, 0.25) is 5.91 Å². The van der Waals surface area contributed by atoms with Crippen molar-refractivity contribution < 1.29 is 19.4 Å². The molecule has 5 nitrogen and oxygen atoms in total. The summed E-state index contributed by atoms with van der Waals surface area (Å²) >= 11 is 0. The molecule has 2 bridgehead atoms. The zero-order chi connectivity index (χ0) is 13.4. The topological polar surface area (TPSA) is 75.6 Å². The summed E-state index contributed by atoms with van der Waals surface area (Å²) < 4.78 is 5.63.